The number of rotatable bonds is 0. The molecule has 0 saturated carbocycles. The molecule has 0 aliphatic carbocycles. The zero-order chi connectivity index (χ0) is 9.41. The van der Waals surface area contributed by atoms with Crippen LogP contribution in [0, 0.1) is 0 Å². The SMILES string of the molecule is CC1=CCC(C)(C(F)(F)F)NN1. The van der Waals surface area contributed by atoms with Crippen LogP contribution in [0.4, 0.5) is 13.2 Å². The van der Waals surface area contributed by atoms with Crippen molar-refractivity contribution < 1.29 is 13.2 Å². The minimum Gasteiger partial charge on any atom is -0.325 e. The van der Waals surface area contributed by atoms with Gasteiger partial charge in [0.05, 0.1) is 0 Å². The molecule has 0 bridgehead atoms. The molecule has 1 heterocycles. The van der Waals surface area contributed by atoms with Gasteiger partial charge in [0, 0.05) is 5.70 Å². The second kappa shape index (κ2) is 2.65. The number of hydrogen-bond acceptors (Lipinski definition) is 2. The van der Waals surface area contributed by atoms with Gasteiger partial charge in [-0.25, -0.2) is 5.43 Å². The van der Waals surface area contributed by atoms with Crippen molar-refractivity contribution in [1.29, 1.82) is 0 Å². The Morgan fingerprint density at radius 2 is 2.08 bits per heavy atom. The minimum atomic E-state index is -4.23. The average molecular weight is 180 g/mol. The Bertz CT molecular complexity index is 209. The van der Waals surface area contributed by atoms with Gasteiger partial charge in [0.15, 0.2) is 0 Å². The topological polar surface area (TPSA) is 24.1 Å². The van der Waals surface area contributed by atoms with Crippen molar-refractivity contribution in [3.8, 4) is 0 Å². The van der Waals surface area contributed by atoms with E-state index in [0.717, 1.165) is 12.6 Å². The molecule has 1 aliphatic heterocycles. The average Bonchev–Trinajstić information content (AvgIpc) is 1.93. The highest BCUT2D eigenvalue weighted by atomic mass is 19.4. The van der Waals surface area contributed by atoms with Gasteiger partial charge in [-0.2, -0.15) is 13.2 Å². The molecule has 70 valence electrons. The molecular formula is C7H11F3N2. The Morgan fingerprint density at radius 1 is 1.50 bits per heavy atom. The maximum absolute atomic E-state index is 12.3. The van der Waals surface area contributed by atoms with Crippen molar-refractivity contribution in [2.75, 3.05) is 0 Å². The van der Waals surface area contributed by atoms with Crippen molar-refractivity contribution in [1.82, 2.24) is 10.9 Å². The van der Waals surface area contributed by atoms with Crippen LogP contribution in [0.15, 0.2) is 11.8 Å². The molecule has 0 radical (unpaired) electrons. The molecular weight excluding hydrogens is 169 g/mol. The summed E-state index contributed by atoms with van der Waals surface area (Å²) in [6, 6.07) is 0. The molecule has 0 aromatic carbocycles. The van der Waals surface area contributed by atoms with E-state index < -0.39 is 11.7 Å². The van der Waals surface area contributed by atoms with Crippen LogP contribution in [0.5, 0.6) is 0 Å². The van der Waals surface area contributed by atoms with Gasteiger partial charge in [0.25, 0.3) is 0 Å². The third-order valence-corrected chi connectivity index (χ3v) is 1.98. The van der Waals surface area contributed by atoms with Crippen molar-refractivity contribution >= 4 is 0 Å². The van der Waals surface area contributed by atoms with Gasteiger partial charge >= 0.3 is 6.18 Å². The number of allylic oxidation sites excluding steroid dienone is 1. The highest BCUT2D eigenvalue weighted by molar-refractivity contribution is 5.07. The maximum atomic E-state index is 12.3. The summed E-state index contributed by atoms with van der Waals surface area (Å²) in [6.45, 7) is 2.84. The highest BCUT2D eigenvalue weighted by Gasteiger charge is 2.51. The lowest BCUT2D eigenvalue weighted by Crippen LogP contribution is -2.60. The smallest absolute Gasteiger partial charge is 0.325 e. The van der Waals surface area contributed by atoms with E-state index in [4.69, 9.17) is 0 Å². The zero-order valence-corrected chi connectivity index (χ0v) is 6.92. The number of hydrogen-bond donors (Lipinski definition) is 2. The molecule has 0 fully saturated rings. The predicted molar refractivity (Wildman–Crippen MR) is 39.1 cm³/mol. The Balaban J connectivity index is 2.77. The first-order valence-electron chi connectivity index (χ1n) is 3.62. The summed E-state index contributed by atoms with van der Waals surface area (Å²) in [5.41, 5.74) is 3.59. The van der Waals surface area contributed by atoms with E-state index in [1.54, 1.807) is 6.92 Å². The quantitative estimate of drug-likeness (QED) is 0.593. The van der Waals surface area contributed by atoms with Crippen molar-refractivity contribution in [3.05, 3.63) is 11.8 Å². The monoisotopic (exact) mass is 180 g/mol. The standard InChI is InChI=1S/C7H11F3N2/c1-5-3-4-6(2,12-11-5)7(8,9)10/h3,11-12H,4H2,1-2H3. The lowest BCUT2D eigenvalue weighted by Gasteiger charge is -2.35. The van der Waals surface area contributed by atoms with Crippen LogP contribution in [0.2, 0.25) is 0 Å². The normalized spacial score (nSPS) is 30.9. The van der Waals surface area contributed by atoms with Crippen molar-refractivity contribution in [3.63, 3.8) is 0 Å². The van der Waals surface area contributed by atoms with Crippen LogP contribution < -0.4 is 10.9 Å². The third-order valence-electron chi connectivity index (χ3n) is 1.98. The summed E-state index contributed by atoms with van der Waals surface area (Å²) in [5.74, 6) is 0. The molecule has 2 N–H and O–H groups in total. The lowest BCUT2D eigenvalue weighted by molar-refractivity contribution is -0.194. The Morgan fingerprint density at radius 3 is 2.42 bits per heavy atom. The second-order valence-electron chi connectivity index (χ2n) is 3.17. The van der Waals surface area contributed by atoms with E-state index in [9.17, 15) is 13.2 Å². The molecule has 2 nitrogen and oxygen atoms in total. The largest absolute Gasteiger partial charge is 0.408 e. The fourth-order valence-electron chi connectivity index (χ4n) is 0.882. The number of halogens is 3. The number of hydrazine groups is 1. The second-order valence-corrected chi connectivity index (χ2v) is 3.17. The van der Waals surface area contributed by atoms with E-state index in [1.165, 1.54) is 6.08 Å². The van der Waals surface area contributed by atoms with Crippen LogP contribution in [-0.4, -0.2) is 11.7 Å². The summed E-state index contributed by atoms with van der Waals surface area (Å²) >= 11 is 0. The first kappa shape index (κ1) is 9.38. The van der Waals surface area contributed by atoms with Gasteiger partial charge in [-0.1, -0.05) is 6.08 Å². The van der Waals surface area contributed by atoms with Crippen LogP contribution in [-0.2, 0) is 0 Å². The van der Waals surface area contributed by atoms with Gasteiger partial charge in [-0.15, -0.1) is 0 Å². The van der Waals surface area contributed by atoms with Gasteiger partial charge in [-0.3, -0.25) is 0 Å². The molecule has 1 unspecified atom stereocenters. The summed E-state index contributed by atoms with van der Waals surface area (Å²) in [7, 11) is 0. The van der Waals surface area contributed by atoms with Gasteiger partial charge in [0.1, 0.15) is 5.54 Å². The highest BCUT2D eigenvalue weighted by Crippen LogP contribution is 2.34. The molecule has 0 spiro atoms. The van der Waals surface area contributed by atoms with E-state index >= 15 is 0 Å². The summed E-state index contributed by atoms with van der Waals surface area (Å²) in [5, 5.41) is 0. The fraction of sp³-hybridized carbons (Fsp3) is 0.714. The van der Waals surface area contributed by atoms with Crippen molar-refractivity contribution in [2.45, 2.75) is 32.0 Å². The van der Waals surface area contributed by atoms with Crippen LogP contribution in [0.1, 0.15) is 20.3 Å². The van der Waals surface area contributed by atoms with E-state index in [-0.39, 0.29) is 6.42 Å². The van der Waals surface area contributed by atoms with E-state index in [1.807, 2.05) is 0 Å². The molecule has 12 heavy (non-hydrogen) atoms. The Labute approximate surface area is 68.8 Å². The Kier molecular flexibility index (Phi) is 2.07. The molecule has 0 aromatic rings. The van der Waals surface area contributed by atoms with Crippen LogP contribution >= 0.6 is 0 Å². The molecule has 0 aromatic heterocycles. The van der Waals surface area contributed by atoms with Crippen LogP contribution in [0.25, 0.3) is 0 Å². The molecule has 1 rings (SSSR count). The number of nitrogens with one attached hydrogen (secondary N) is 2. The third kappa shape index (κ3) is 1.55. The minimum absolute atomic E-state index is 0.0324. The van der Waals surface area contributed by atoms with E-state index in [2.05, 4.69) is 10.9 Å². The molecule has 5 heteroatoms. The van der Waals surface area contributed by atoms with Crippen LogP contribution in [0.3, 0.4) is 0 Å². The fourth-order valence-corrected chi connectivity index (χ4v) is 0.882. The lowest BCUT2D eigenvalue weighted by atomic mass is 9.96. The maximum Gasteiger partial charge on any atom is 0.408 e. The van der Waals surface area contributed by atoms with Gasteiger partial charge < -0.3 is 5.43 Å². The summed E-state index contributed by atoms with van der Waals surface area (Å²) < 4.78 is 37.0. The first-order chi connectivity index (χ1) is 5.35. The molecule has 1 aliphatic rings. The van der Waals surface area contributed by atoms with Gasteiger partial charge in [-0.05, 0) is 20.3 Å². The zero-order valence-electron chi connectivity index (χ0n) is 6.92. The Hall–Kier alpha value is -0.710. The molecule has 1 atom stereocenters. The van der Waals surface area contributed by atoms with Gasteiger partial charge in [0.2, 0.25) is 0 Å². The summed E-state index contributed by atoms with van der Waals surface area (Å²) in [4.78, 5) is 0. The molecule has 0 saturated heterocycles. The predicted octanol–water partition coefficient (Wildman–Crippen LogP) is 1.71. The van der Waals surface area contributed by atoms with E-state index in [0.29, 0.717) is 0 Å². The van der Waals surface area contributed by atoms with Crippen molar-refractivity contribution in [2.24, 2.45) is 0 Å². The number of alkyl halides is 3. The summed E-state index contributed by atoms with van der Waals surface area (Å²) in [6.07, 6.45) is -2.73. The first-order valence-corrected chi connectivity index (χ1v) is 3.62. The molecule has 0 amide bonds.